The summed E-state index contributed by atoms with van der Waals surface area (Å²) < 4.78 is 2.44. The molecular weight excluding hydrogens is 424 g/mol. The van der Waals surface area contributed by atoms with Crippen LogP contribution in [0.5, 0.6) is 0 Å². The van der Waals surface area contributed by atoms with E-state index in [9.17, 15) is 0 Å². The van der Waals surface area contributed by atoms with Crippen LogP contribution in [0.2, 0.25) is 0 Å². The van der Waals surface area contributed by atoms with E-state index in [-0.39, 0.29) is 0 Å². The highest BCUT2D eigenvalue weighted by Crippen LogP contribution is 2.41. The predicted octanol–water partition coefficient (Wildman–Crippen LogP) is 8.72. The molecule has 0 N–H and O–H groups in total. The summed E-state index contributed by atoms with van der Waals surface area (Å²) in [6.07, 6.45) is 3.99. The lowest BCUT2D eigenvalue weighted by atomic mass is 9.95. The average Bonchev–Trinajstić information content (AvgIpc) is 3.37. The summed E-state index contributed by atoms with van der Waals surface area (Å²) in [5.41, 5.74) is 8.65. The van der Waals surface area contributed by atoms with Gasteiger partial charge in [-0.3, -0.25) is 4.98 Å². The van der Waals surface area contributed by atoms with Crippen molar-refractivity contribution in [3.05, 3.63) is 122 Å². The van der Waals surface area contributed by atoms with Crippen molar-refractivity contribution in [3.8, 4) is 22.3 Å². The molecule has 0 bridgehead atoms. The molecule has 2 nitrogen and oxygen atoms in total. The maximum Gasteiger partial charge on any atom is 0.0638 e. The SMILES string of the molecule is c1ccc2c(-c3cc4cncc5cc(-c6cccc7ccccc67)c6ccc3n6c45)cccc2c1. The van der Waals surface area contributed by atoms with Gasteiger partial charge in [-0.1, -0.05) is 84.9 Å². The van der Waals surface area contributed by atoms with E-state index in [1.807, 2.05) is 12.4 Å². The van der Waals surface area contributed by atoms with Crippen LogP contribution in [0.3, 0.4) is 0 Å². The van der Waals surface area contributed by atoms with Crippen LogP contribution in [0.1, 0.15) is 0 Å². The molecule has 0 atom stereocenters. The first-order chi connectivity index (χ1) is 17.4. The summed E-state index contributed by atoms with van der Waals surface area (Å²) in [6.45, 7) is 0. The number of pyridine rings is 3. The second kappa shape index (κ2) is 6.91. The van der Waals surface area contributed by atoms with Crippen molar-refractivity contribution >= 4 is 48.9 Å². The molecule has 0 fully saturated rings. The number of rotatable bonds is 2. The highest BCUT2D eigenvalue weighted by atomic mass is 14.9. The van der Waals surface area contributed by atoms with Crippen LogP contribution in [-0.4, -0.2) is 9.38 Å². The van der Waals surface area contributed by atoms with Crippen LogP contribution >= 0.6 is 0 Å². The maximum atomic E-state index is 4.63. The van der Waals surface area contributed by atoms with Gasteiger partial charge in [-0.05, 0) is 56.9 Å². The monoisotopic (exact) mass is 444 g/mol. The second-order valence-electron chi connectivity index (χ2n) is 9.28. The molecule has 0 saturated carbocycles. The number of benzene rings is 4. The molecule has 0 radical (unpaired) electrons. The zero-order valence-electron chi connectivity index (χ0n) is 18.9. The van der Waals surface area contributed by atoms with E-state index in [0.717, 1.165) is 10.8 Å². The van der Waals surface area contributed by atoms with Crippen molar-refractivity contribution in [2.75, 3.05) is 0 Å². The summed E-state index contributed by atoms with van der Waals surface area (Å²) in [6, 6.07) is 39.6. The Labute approximate surface area is 202 Å². The van der Waals surface area contributed by atoms with Gasteiger partial charge in [0.2, 0.25) is 0 Å². The van der Waals surface area contributed by atoms with Gasteiger partial charge < -0.3 is 4.40 Å². The van der Waals surface area contributed by atoms with Crippen LogP contribution in [0, 0.1) is 0 Å². The molecule has 0 saturated heterocycles. The first-order valence-electron chi connectivity index (χ1n) is 12.0. The summed E-state index contributed by atoms with van der Waals surface area (Å²) >= 11 is 0. The molecule has 0 aliphatic heterocycles. The molecule has 2 heteroatoms. The van der Waals surface area contributed by atoms with Crippen LogP contribution in [-0.2, 0) is 0 Å². The Bertz CT molecular complexity index is 1910. The molecule has 0 aliphatic carbocycles. The molecule has 162 valence electrons. The van der Waals surface area contributed by atoms with Crippen molar-refractivity contribution in [2.45, 2.75) is 0 Å². The number of fused-ring (bicyclic) bond motifs is 2. The molecule has 0 amide bonds. The van der Waals surface area contributed by atoms with Crippen LogP contribution < -0.4 is 0 Å². The van der Waals surface area contributed by atoms with Crippen molar-refractivity contribution in [1.29, 1.82) is 0 Å². The first kappa shape index (κ1) is 18.7. The molecule has 4 aromatic heterocycles. The topological polar surface area (TPSA) is 17.3 Å². The van der Waals surface area contributed by atoms with Gasteiger partial charge in [0, 0.05) is 34.3 Å². The third-order valence-electron chi connectivity index (χ3n) is 7.39. The minimum atomic E-state index is 1.16. The van der Waals surface area contributed by atoms with E-state index in [4.69, 9.17) is 0 Å². The van der Waals surface area contributed by atoms with Crippen LogP contribution in [0.4, 0.5) is 0 Å². The normalized spacial score (nSPS) is 12.0. The third kappa shape index (κ3) is 2.57. The fourth-order valence-electron chi connectivity index (χ4n) is 5.87. The maximum absolute atomic E-state index is 4.63. The smallest absolute Gasteiger partial charge is 0.0638 e. The van der Waals surface area contributed by atoms with Gasteiger partial charge in [0.15, 0.2) is 0 Å². The Hall–Kier alpha value is -4.69. The van der Waals surface area contributed by atoms with E-state index in [0.29, 0.717) is 0 Å². The molecule has 35 heavy (non-hydrogen) atoms. The van der Waals surface area contributed by atoms with Crippen molar-refractivity contribution in [2.24, 2.45) is 0 Å². The van der Waals surface area contributed by atoms with E-state index < -0.39 is 0 Å². The average molecular weight is 445 g/mol. The van der Waals surface area contributed by atoms with Crippen LogP contribution in [0.25, 0.3) is 71.1 Å². The van der Waals surface area contributed by atoms with Gasteiger partial charge in [0.1, 0.15) is 0 Å². The summed E-state index contributed by atoms with van der Waals surface area (Å²) in [5.74, 6) is 0. The Kier molecular flexibility index (Phi) is 3.69. The molecule has 4 aromatic carbocycles. The standard InChI is InChI=1S/C33H20N2/c1-3-11-25-21(7-1)9-5-13-27(25)29-17-23-19-34-20-24-18-30(32-16-15-31(29)35(32)33(23)24)28-14-6-10-22-8-2-4-12-26(22)28/h1-20H. The van der Waals surface area contributed by atoms with E-state index in [1.165, 1.54) is 60.3 Å². The number of aromatic nitrogens is 2. The van der Waals surface area contributed by atoms with E-state index >= 15 is 0 Å². The Morgan fingerprint density at radius 1 is 0.429 bits per heavy atom. The largest absolute Gasteiger partial charge is 0.308 e. The van der Waals surface area contributed by atoms with Gasteiger partial charge in [-0.25, -0.2) is 0 Å². The molecule has 8 rings (SSSR count). The molecule has 8 aromatic rings. The zero-order chi connectivity index (χ0) is 22.9. The van der Waals surface area contributed by atoms with Crippen molar-refractivity contribution in [1.82, 2.24) is 9.38 Å². The van der Waals surface area contributed by atoms with Gasteiger partial charge in [0.05, 0.1) is 16.6 Å². The van der Waals surface area contributed by atoms with Gasteiger partial charge >= 0.3 is 0 Å². The molecule has 0 unspecified atom stereocenters. The summed E-state index contributed by atoms with van der Waals surface area (Å²) in [7, 11) is 0. The van der Waals surface area contributed by atoms with E-state index in [2.05, 4.69) is 119 Å². The molecule has 4 heterocycles. The summed E-state index contributed by atoms with van der Waals surface area (Å²) in [5, 5.41) is 7.36. The minimum Gasteiger partial charge on any atom is -0.308 e. The fraction of sp³-hybridized carbons (Fsp3) is 0. The molecular formula is C33H20N2. The number of hydrogen-bond acceptors (Lipinski definition) is 1. The van der Waals surface area contributed by atoms with Crippen LogP contribution in [0.15, 0.2) is 122 Å². The Morgan fingerprint density at radius 3 is 1.46 bits per heavy atom. The number of hydrogen-bond donors (Lipinski definition) is 0. The second-order valence-corrected chi connectivity index (χ2v) is 9.28. The lowest BCUT2D eigenvalue weighted by molar-refractivity contribution is 1.30. The quantitative estimate of drug-likeness (QED) is 0.261. The predicted molar refractivity (Wildman–Crippen MR) is 147 cm³/mol. The van der Waals surface area contributed by atoms with Crippen molar-refractivity contribution in [3.63, 3.8) is 0 Å². The Balaban J connectivity index is 1.54. The number of nitrogens with zero attached hydrogens (tertiary/aromatic N) is 2. The third-order valence-corrected chi connectivity index (χ3v) is 7.39. The summed E-state index contributed by atoms with van der Waals surface area (Å²) in [4.78, 5) is 4.63. The fourth-order valence-corrected chi connectivity index (χ4v) is 5.87. The van der Waals surface area contributed by atoms with Crippen molar-refractivity contribution < 1.29 is 0 Å². The minimum absolute atomic E-state index is 1.16. The Morgan fingerprint density at radius 2 is 0.914 bits per heavy atom. The van der Waals surface area contributed by atoms with Gasteiger partial charge in [-0.15, -0.1) is 0 Å². The van der Waals surface area contributed by atoms with E-state index in [1.54, 1.807) is 0 Å². The lowest BCUT2D eigenvalue weighted by Gasteiger charge is -2.17. The van der Waals surface area contributed by atoms with Gasteiger partial charge in [0.25, 0.3) is 0 Å². The van der Waals surface area contributed by atoms with Gasteiger partial charge in [-0.2, -0.15) is 0 Å². The highest BCUT2D eigenvalue weighted by molar-refractivity contribution is 6.11. The highest BCUT2D eigenvalue weighted by Gasteiger charge is 2.18. The molecule has 0 spiro atoms. The zero-order valence-corrected chi connectivity index (χ0v) is 18.9. The molecule has 0 aliphatic rings. The first-order valence-corrected chi connectivity index (χ1v) is 12.0. The lowest BCUT2D eigenvalue weighted by Crippen LogP contribution is -1.97.